The van der Waals surface area contributed by atoms with Crippen molar-refractivity contribution in [3.8, 4) is 0 Å². The van der Waals surface area contributed by atoms with Crippen molar-refractivity contribution in [3.05, 3.63) is 58.1 Å². The van der Waals surface area contributed by atoms with Crippen LogP contribution in [0.1, 0.15) is 6.92 Å². The molecule has 0 atom stereocenters. The van der Waals surface area contributed by atoms with Crippen LogP contribution in [-0.2, 0) is 23.2 Å². The first kappa shape index (κ1) is 19.1. The first-order chi connectivity index (χ1) is 13.5. The van der Waals surface area contributed by atoms with Crippen molar-refractivity contribution in [1.29, 1.82) is 0 Å². The zero-order chi connectivity index (χ0) is 19.7. The zero-order valence-electron chi connectivity index (χ0n) is 15.0. The highest BCUT2D eigenvalue weighted by molar-refractivity contribution is 7.85. The third kappa shape index (κ3) is 3.81. The van der Waals surface area contributed by atoms with Gasteiger partial charge in [0.1, 0.15) is 0 Å². The molecule has 2 heterocycles. The van der Waals surface area contributed by atoms with Crippen LogP contribution in [0.5, 0.6) is 0 Å². The molecular weight excluding hydrogens is 416 g/mol. The van der Waals surface area contributed by atoms with Gasteiger partial charge in [-0.15, -0.1) is 10.2 Å². The fourth-order valence-electron chi connectivity index (χ4n) is 3.01. The lowest BCUT2D eigenvalue weighted by atomic mass is 10.3. The monoisotopic (exact) mass is 434 g/mol. The minimum Gasteiger partial charge on any atom is -0.315 e. The Morgan fingerprint density at radius 1 is 0.893 bits per heavy atom. The van der Waals surface area contributed by atoms with E-state index in [9.17, 15) is 8.42 Å². The van der Waals surface area contributed by atoms with Crippen LogP contribution in [-0.4, -0.2) is 27.9 Å². The first-order valence-electron chi connectivity index (χ1n) is 8.66. The molecule has 4 aromatic rings. The van der Waals surface area contributed by atoms with E-state index < -0.39 is 10.1 Å². The fraction of sp³-hybridized carbons (Fsp3) is 0.222. The summed E-state index contributed by atoms with van der Waals surface area (Å²) in [4.78, 5) is 1.37. The van der Waals surface area contributed by atoms with Gasteiger partial charge in [0.2, 0.25) is 9.60 Å². The molecule has 0 spiro atoms. The number of rotatable bonds is 5. The van der Waals surface area contributed by atoms with Crippen molar-refractivity contribution in [2.75, 3.05) is 5.75 Å². The molecule has 4 rings (SSSR count). The van der Waals surface area contributed by atoms with Crippen LogP contribution in [0.25, 0.3) is 20.4 Å². The molecule has 0 radical (unpaired) electrons. The number of aryl methyl sites for hydroxylation is 2. The van der Waals surface area contributed by atoms with Gasteiger partial charge in [-0.05, 0) is 31.2 Å². The van der Waals surface area contributed by atoms with E-state index in [4.69, 9.17) is 4.55 Å². The third-order valence-electron chi connectivity index (χ3n) is 4.29. The molecule has 0 amide bonds. The van der Waals surface area contributed by atoms with Crippen molar-refractivity contribution in [2.45, 2.75) is 20.0 Å². The molecule has 146 valence electrons. The second-order valence-electron chi connectivity index (χ2n) is 6.09. The maximum atomic E-state index is 11.2. The van der Waals surface area contributed by atoms with Crippen LogP contribution in [0.4, 0.5) is 0 Å². The van der Waals surface area contributed by atoms with Gasteiger partial charge in [-0.1, -0.05) is 46.9 Å². The normalized spacial score (nSPS) is 13.8. The number of aromatic nitrogens is 2. The number of hydrogen-bond acceptors (Lipinski definition) is 6. The molecule has 0 unspecified atom stereocenters. The first-order valence-corrected chi connectivity index (χ1v) is 11.9. The van der Waals surface area contributed by atoms with E-state index in [-0.39, 0.29) is 12.3 Å². The largest absolute Gasteiger partial charge is 0.315 e. The summed E-state index contributed by atoms with van der Waals surface area (Å²) in [6.45, 7) is 2.94. The van der Waals surface area contributed by atoms with Crippen LogP contribution in [0.3, 0.4) is 0 Å². The molecule has 28 heavy (non-hydrogen) atoms. The number of hydrogen-bond donors (Lipinski definition) is 1. The summed E-state index contributed by atoms with van der Waals surface area (Å²) >= 11 is 3.00. The maximum absolute atomic E-state index is 11.2. The van der Waals surface area contributed by atoms with Crippen LogP contribution >= 0.6 is 22.7 Å². The molecule has 1 N–H and O–H groups in total. The Balaban J connectivity index is 1.89. The van der Waals surface area contributed by atoms with Gasteiger partial charge in [-0.3, -0.25) is 4.55 Å². The number of para-hydroxylation sites is 2. The van der Waals surface area contributed by atoms with Crippen molar-refractivity contribution in [3.63, 3.8) is 0 Å². The average molecular weight is 435 g/mol. The highest BCUT2D eigenvalue weighted by Gasteiger charge is 2.10. The Morgan fingerprint density at radius 2 is 1.39 bits per heavy atom. The smallest absolute Gasteiger partial charge is 0.266 e. The molecule has 0 aliphatic carbocycles. The summed E-state index contributed by atoms with van der Waals surface area (Å²) in [6.07, 6.45) is 0. The minimum absolute atomic E-state index is 0.109. The van der Waals surface area contributed by atoms with Crippen LogP contribution < -0.4 is 9.60 Å². The van der Waals surface area contributed by atoms with Gasteiger partial charge in [0, 0.05) is 13.1 Å². The molecule has 0 aliphatic rings. The molecule has 10 heteroatoms. The molecule has 2 aromatic heterocycles. The lowest BCUT2D eigenvalue weighted by molar-refractivity contribution is 0.478. The highest BCUT2D eigenvalue weighted by atomic mass is 32.2. The minimum atomic E-state index is -4.07. The standard InChI is InChI=1S/C18H18N4O3S3/c1-2-21-13-7-3-5-9-15(13)26-17(21)19-20-18-22(11-12-28(23,24)25)14-8-4-6-10-16(14)27-18/h3-10H,2,11-12H2,1H3,(H,23,24,25). The lowest BCUT2D eigenvalue weighted by Crippen LogP contribution is -2.21. The van der Waals surface area contributed by atoms with Crippen LogP contribution in [0, 0.1) is 0 Å². The van der Waals surface area contributed by atoms with Gasteiger partial charge < -0.3 is 9.13 Å². The fourth-order valence-corrected chi connectivity index (χ4v) is 5.47. The summed E-state index contributed by atoms with van der Waals surface area (Å²) < 4.78 is 37.6. The van der Waals surface area contributed by atoms with Crippen molar-refractivity contribution < 1.29 is 13.0 Å². The van der Waals surface area contributed by atoms with E-state index in [0.717, 1.165) is 31.8 Å². The topological polar surface area (TPSA) is 89.0 Å². The number of thiazole rings is 2. The number of benzene rings is 2. The number of nitrogens with zero attached hydrogens (tertiary/aromatic N) is 4. The molecule has 0 fully saturated rings. The van der Waals surface area contributed by atoms with Gasteiger partial charge in [0.15, 0.2) is 0 Å². The summed E-state index contributed by atoms with van der Waals surface area (Å²) in [6, 6.07) is 15.8. The van der Waals surface area contributed by atoms with Crippen molar-refractivity contribution in [1.82, 2.24) is 9.13 Å². The van der Waals surface area contributed by atoms with E-state index >= 15 is 0 Å². The Kier molecular flexibility index (Phi) is 5.19. The predicted octanol–water partition coefficient (Wildman–Crippen LogP) is 3.04. The maximum Gasteiger partial charge on any atom is 0.266 e. The second kappa shape index (κ2) is 7.63. The third-order valence-corrected chi connectivity index (χ3v) is 7.08. The summed E-state index contributed by atoms with van der Waals surface area (Å²) in [5, 5.41) is 8.91. The van der Waals surface area contributed by atoms with E-state index in [2.05, 4.69) is 33.8 Å². The zero-order valence-corrected chi connectivity index (χ0v) is 17.5. The van der Waals surface area contributed by atoms with E-state index in [0.29, 0.717) is 4.80 Å². The molecule has 0 saturated heterocycles. The highest BCUT2D eigenvalue weighted by Crippen LogP contribution is 2.18. The van der Waals surface area contributed by atoms with Crippen LogP contribution in [0.2, 0.25) is 0 Å². The second-order valence-corrected chi connectivity index (χ2v) is 9.68. The number of fused-ring (bicyclic) bond motifs is 2. The molecule has 0 bridgehead atoms. The Morgan fingerprint density at radius 3 is 1.93 bits per heavy atom. The SMILES string of the molecule is CCn1c(=NN=c2sc3ccccc3n2CCS(=O)(=O)O)sc2ccccc21. The van der Waals surface area contributed by atoms with Gasteiger partial charge in [0.05, 0.1) is 26.2 Å². The van der Waals surface area contributed by atoms with Gasteiger partial charge in [-0.2, -0.15) is 8.42 Å². The summed E-state index contributed by atoms with van der Waals surface area (Å²) in [7, 11) is -4.07. The molecule has 0 saturated carbocycles. The Bertz CT molecular complexity index is 1390. The Hall–Kier alpha value is -2.27. The van der Waals surface area contributed by atoms with Gasteiger partial charge >= 0.3 is 0 Å². The molecule has 2 aromatic carbocycles. The van der Waals surface area contributed by atoms with Gasteiger partial charge in [-0.25, -0.2) is 0 Å². The summed E-state index contributed by atoms with van der Waals surface area (Å²) in [5.74, 6) is -0.376. The van der Waals surface area contributed by atoms with Crippen molar-refractivity contribution in [2.24, 2.45) is 10.2 Å². The van der Waals surface area contributed by atoms with Crippen LogP contribution in [0.15, 0.2) is 58.7 Å². The van der Waals surface area contributed by atoms with Gasteiger partial charge in [0.25, 0.3) is 10.1 Å². The molecular formula is C18H18N4O3S3. The van der Waals surface area contributed by atoms with E-state index in [1.165, 1.54) is 11.3 Å². The Labute approximate surface area is 169 Å². The predicted molar refractivity (Wildman–Crippen MR) is 113 cm³/mol. The lowest BCUT2D eigenvalue weighted by Gasteiger charge is -2.02. The quantitative estimate of drug-likeness (QED) is 0.387. The average Bonchev–Trinajstić information content (AvgIpc) is 3.21. The summed E-state index contributed by atoms with van der Waals surface area (Å²) in [5.41, 5.74) is 1.98. The molecule has 0 aliphatic heterocycles. The molecule has 7 nitrogen and oxygen atoms in total. The van der Waals surface area contributed by atoms with E-state index in [1.807, 2.05) is 36.4 Å². The van der Waals surface area contributed by atoms with E-state index in [1.54, 1.807) is 15.9 Å². The van der Waals surface area contributed by atoms with Crippen molar-refractivity contribution >= 4 is 53.2 Å².